The lowest BCUT2D eigenvalue weighted by atomic mass is 9.96. The van der Waals surface area contributed by atoms with Gasteiger partial charge in [0.25, 0.3) is 5.91 Å². The SMILES string of the molecule is CC(=O)N1CCc2c(cncc2C(=O)Nc2ccc3c(c2)OCO3)C1. The van der Waals surface area contributed by atoms with Gasteiger partial charge in [0.1, 0.15) is 0 Å². The minimum atomic E-state index is -0.223. The van der Waals surface area contributed by atoms with E-state index < -0.39 is 0 Å². The third kappa shape index (κ3) is 2.88. The number of hydrogen-bond acceptors (Lipinski definition) is 5. The van der Waals surface area contributed by atoms with Crippen molar-refractivity contribution in [2.24, 2.45) is 0 Å². The quantitative estimate of drug-likeness (QED) is 0.905. The van der Waals surface area contributed by atoms with Gasteiger partial charge in [-0.2, -0.15) is 0 Å². The second-order valence-electron chi connectivity index (χ2n) is 6.04. The lowest BCUT2D eigenvalue weighted by Gasteiger charge is -2.28. The van der Waals surface area contributed by atoms with Crippen molar-refractivity contribution in [3.63, 3.8) is 0 Å². The van der Waals surface area contributed by atoms with Crippen LogP contribution in [0.1, 0.15) is 28.4 Å². The lowest BCUT2D eigenvalue weighted by molar-refractivity contribution is -0.129. The van der Waals surface area contributed by atoms with E-state index in [9.17, 15) is 9.59 Å². The van der Waals surface area contributed by atoms with Gasteiger partial charge in [-0.15, -0.1) is 0 Å². The first-order valence-corrected chi connectivity index (χ1v) is 8.04. The van der Waals surface area contributed by atoms with Crippen molar-refractivity contribution >= 4 is 17.5 Å². The molecule has 1 N–H and O–H groups in total. The van der Waals surface area contributed by atoms with Crippen LogP contribution in [0, 0.1) is 0 Å². The van der Waals surface area contributed by atoms with Crippen molar-refractivity contribution in [1.29, 1.82) is 0 Å². The smallest absolute Gasteiger partial charge is 0.257 e. The van der Waals surface area contributed by atoms with E-state index in [1.54, 1.807) is 42.4 Å². The van der Waals surface area contributed by atoms with Crippen LogP contribution in [0.4, 0.5) is 5.69 Å². The molecule has 0 saturated heterocycles. The summed E-state index contributed by atoms with van der Waals surface area (Å²) in [5.41, 5.74) is 3.04. The Balaban J connectivity index is 1.57. The molecule has 0 bridgehead atoms. The van der Waals surface area contributed by atoms with E-state index >= 15 is 0 Å². The van der Waals surface area contributed by atoms with E-state index in [0.717, 1.165) is 11.1 Å². The first-order valence-electron chi connectivity index (χ1n) is 8.04. The maximum absolute atomic E-state index is 12.7. The van der Waals surface area contributed by atoms with Crippen LogP contribution in [0.25, 0.3) is 0 Å². The predicted octanol–water partition coefficient (Wildman–Crippen LogP) is 1.97. The molecule has 2 aliphatic rings. The van der Waals surface area contributed by atoms with Gasteiger partial charge in [0.15, 0.2) is 11.5 Å². The van der Waals surface area contributed by atoms with Crippen LogP contribution in [0.15, 0.2) is 30.6 Å². The number of amides is 2. The third-order valence-corrected chi connectivity index (χ3v) is 4.46. The number of fused-ring (bicyclic) bond motifs is 2. The van der Waals surface area contributed by atoms with Gasteiger partial charge in [-0.1, -0.05) is 0 Å². The van der Waals surface area contributed by atoms with Gasteiger partial charge in [-0.3, -0.25) is 14.6 Å². The van der Waals surface area contributed by atoms with Crippen LogP contribution in [-0.2, 0) is 17.8 Å². The highest BCUT2D eigenvalue weighted by Crippen LogP contribution is 2.34. The van der Waals surface area contributed by atoms with Crippen LogP contribution in [0.3, 0.4) is 0 Å². The van der Waals surface area contributed by atoms with Crippen LogP contribution < -0.4 is 14.8 Å². The Hall–Kier alpha value is -3.09. The Bertz CT molecular complexity index is 865. The number of ether oxygens (including phenoxy) is 2. The Morgan fingerprint density at radius 2 is 2.04 bits per heavy atom. The molecule has 0 aliphatic carbocycles. The van der Waals surface area contributed by atoms with E-state index in [1.165, 1.54) is 0 Å². The van der Waals surface area contributed by atoms with Gasteiger partial charge in [0, 0.05) is 44.2 Å². The molecule has 2 aliphatic heterocycles. The zero-order chi connectivity index (χ0) is 17.4. The standard InChI is InChI=1S/C18H17N3O4/c1-11(22)21-5-4-14-12(9-21)7-19-8-15(14)18(23)20-13-2-3-16-17(6-13)25-10-24-16/h2-3,6-8H,4-5,9-10H2,1H3,(H,20,23). The van der Waals surface area contributed by atoms with Gasteiger partial charge in [0.05, 0.1) is 5.56 Å². The number of hydrogen-bond donors (Lipinski definition) is 1. The Morgan fingerprint density at radius 3 is 2.88 bits per heavy atom. The molecule has 7 nitrogen and oxygen atoms in total. The highest BCUT2D eigenvalue weighted by atomic mass is 16.7. The maximum Gasteiger partial charge on any atom is 0.257 e. The van der Waals surface area contributed by atoms with Crippen LogP contribution in [-0.4, -0.2) is 35.0 Å². The lowest BCUT2D eigenvalue weighted by Crippen LogP contribution is -2.35. The normalized spacial score (nSPS) is 14.8. The summed E-state index contributed by atoms with van der Waals surface area (Å²) in [5, 5.41) is 2.88. The molecule has 4 rings (SSSR count). The Kier molecular flexibility index (Phi) is 3.76. The molecule has 0 fully saturated rings. The van der Waals surface area contributed by atoms with Gasteiger partial charge in [-0.25, -0.2) is 0 Å². The molecule has 0 atom stereocenters. The van der Waals surface area contributed by atoms with Crippen molar-refractivity contribution in [2.75, 3.05) is 18.7 Å². The molecule has 0 saturated carbocycles. The van der Waals surface area contributed by atoms with Crippen molar-refractivity contribution in [3.05, 3.63) is 47.3 Å². The van der Waals surface area contributed by atoms with E-state index in [0.29, 0.717) is 42.3 Å². The zero-order valence-electron chi connectivity index (χ0n) is 13.7. The molecule has 0 spiro atoms. The number of nitrogens with one attached hydrogen (secondary N) is 1. The molecule has 3 heterocycles. The molecule has 0 radical (unpaired) electrons. The largest absolute Gasteiger partial charge is 0.454 e. The van der Waals surface area contributed by atoms with Crippen LogP contribution in [0.5, 0.6) is 11.5 Å². The van der Waals surface area contributed by atoms with E-state index in [1.807, 2.05) is 0 Å². The molecule has 1 aromatic heterocycles. The summed E-state index contributed by atoms with van der Waals surface area (Å²) in [4.78, 5) is 30.2. The second-order valence-corrected chi connectivity index (χ2v) is 6.04. The fraction of sp³-hybridized carbons (Fsp3) is 0.278. The molecule has 7 heteroatoms. The number of rotatable bonds is 2. The van der Waals surface area contributed by atoms with E-state index in [2.05, 4.69) is 10.3 Å². The van der Waals surface area contributed by atoms with Crippen LogP contribution in [0.2, 0.25) is 0 Å². The summed E-state index contributed by atoms with van der Waals surface area (Å²) < 4.78 is 10.6. The number of aromatic nitrogens is 1. The molecule has 2 aromatic rings. The Labute approximate surface area is 144 Å². The highest BCUT2D eigenvalue weighted by Gasteiger charge is 2.23. The first kappa shape index (κ1) is 15.4. The molecule has 1 aromatic carbocycles. The minimum Gasteiger partial charge on any atom is -0.454 e. The maximum atomic E-state index is 12.7. The monoisotopic (exact) mass is 339 g/mol. The van der Waals surface area contributed by atoms with Crippen LogP contribution >= 0.6 is 0 Å². The molecule has 2 amide bonds. The topological polar surface area (TPSA) is 80.8 Å². The number of carbonyl (C=O) groups is 2. The molecular formula is C18H17N3O4. The molecule has 25 heavy (non-hydrogen) atoms. The number of nitrogens with zero attached hydrogens (tertiary/aromatic N) is 2. The van der Waals surface area contributed by atoms with Gasteiger partial charge in [-0.05, 0) is 29.7 Å². The van der Waals surface area contributed by atoms with E-state index in [-0.39, 0.29) is 18.6 Å². The summed E-state index contributed by atoms with van der Waals surface area (Å²) in [6, 6.07) is 5.27. The van der Waals surface area contributed by atoms with Gasteiger partial charge >= 0.3 is 0 Å². The molecular weight excluding hydrogens is 322 g/mol. The van der Waals surface area contributed by atoms with Crippen molar-refractivity contribution in [2.45, 2.75) is 19.9 Å². The summed E-state index contributed by atoms with van der Waals surface area (Å²) in [6.45, 7) is 2.84. The number of pyridine rings is 1. The molecule has 0 unspecified atom stereocenters. The number of anilines is 1. The third-order valence-electron chi connectivity index (χ3n) is 4.46. The summed E-state index contributed by atoms with van der Waals surface area (Å²) in [6.07, 6.45) is 3.94. The number of benzene rings is 1. The summed E-state index contributed by atoms with van der Waals surface area (Å²) in [5.74, 6) is 1.09. The van der Waals surface area contributed by atoms with Crippen molar-refractivity contribution < 1.29 is 19.1 Å². The van der Waals surface area contributed by atoms with Gasteiger partial charge in [0.2, 0.25) is 12.7 Å². The second kappa shape index (κ2) is 6.08. The minimum absolute atomic E-state index is 0.0286. The Morgan fingerprint density at radius 1 is 1.20 bits per heavy atom. The van der Waals surface area contributed by atoms with Crippen molar-refractivity contribution in [3.8, 4) is 11.5 Å². The summed E-state index contributed by atoms with van der Waals surface area (Å²) in [7, 11) is 0. The summed E-state index contributed by atoms with van der Waals surface area (Å²) >= 11 is 0. The average Bonchev–Trinajstić information content (AvgIpc) is 3.08. The molecule has 128 valence electrons. The highest BCUT2D eigenvalue weighted by molar-refractivity contribution is 6.05. The van der Waals surface area contributed by atoms with Gasteiger partial charge < -0.3 is 19.7 Å². The zero-order valence-corrected chi connectivity index (χ0v) is 13.7. The predicted molar refractivity (Wildman–Crippen MR) is 89.6 cm³/mol. The van der Waals surface area contributed by atoms with E-state index in [4.69, 9.17) is 9.47 Å². The fourth-order valence-corrected chi connectivity index (χ4v) is 3.13. The average molecular weight is 339 g/mol. The number of carbonyl (C=O) groups excluding carboxylic acids is 2. The fourth-order valence-electron chi connectivity index (χ4n) is 3.13. The van der Waals surface area contributed by atoms with Crippen molar-refractivity contribution in [1.82, 2.24) is 9.88 Å². The first-order chi connectivity index (χ1) is 12.1.